The number of hydrogen-bond donors (Lipinski definition) is 1. The average molecular weight is 394 g/mol. The molecule has 4 aromatic rings. The molecule has 3 heterocycles. The van der Waals surface area contributed by atoms with Crippen molar-refractivity contribution in [1.82, 2.24) is 14.9 Å². The van der Waals surface area contributed by atoms with E-state index in [9.17, 15) is 4.79 Å². The molecular weight excluding hydrogens is 372 g/mol. The summed E-state index contributed by atoms with van der Waals surface area (Å²) >= 11 is 0. The van der Waals surface area contributed by atoms with Gasteiger partial charge in [-0.3, -0.25) is 14.8 Å². The first-order valence-corrected chi connectivity index (χ1v) is 10.2. The molecule has 1 amide bonds. The van der Waals surface area contributed by atoms with E-state index >= 15 is 0 Å². The first kappa shape index (κ1) is 18.3. The number of nitrogens with zero attached hydrogens (tertiary/aromatic N) is 3. The summed E-state index contributed by atoms with van der Waals surface area (Å²) in [4.78, 5) is 24.1. The quantitative estimate of drug-likeness (QED) is 0.525. The van der Waals surface area contributed by atoms with Crippen LogP contribution in [0.25, 0.3) is 10.9 Å². The van der Waals surface area contributed by atoms with Gasteiger partial charge in [0.05, 0.1) is 23.3 Å². The van der Waals surface area contributed by atoms with Crippen LogP contribution in [0.15, 0.2) is 79.0 Å². The molecule has 0 saturated heterocycles. The first-order chi connectivity index (χ1) is 14.8. The second kappa shape index (κ2) is 7.95. The number of para-hydroxylation sites is 1. The van der Waals surface area contributed by atoms with E-state index in [1.165, 1.54) is 0 Å². The van der Waals surface area contributed by atoms with Crippen molar-refractivity contribution in [1.29, 1.82) is 0 Å². The molecule has 148 valence electrons. The van der Waals surface area contributed by atoms with Crippen LogP contribution in [-0.4, -0.2) is 27.3 Å². The van der Waals surface area contributed by atoms with Crippen molar-refractivity contribution in [3.05, 3.63) is 102 Å². The van der Waals surface area contributed by atoms with Gasteiger partial charge in [0.2, 0.25) is 0 Å². The van der Waals surface area contributed by atoms with Crippen LogP contribution in [0, 0.1) is 0 Å². The Hall–Kier alpha value is -3.73. The number of carbonyl (C=O) groups is 1. The van der Waals surface area contributed by atoms with Crippen LogP contribution in [0.3, 0.4) is 0 Å². The van der Waals surface area contributed by atoms with Crippen LogP contribution in [0.4, 0.5) is 5.69 Å². The molecule has 0 spiro atoms. The maximum atomic E-state index is 13.1. The summed E-state index contributed by atoms with van der Waals surface area (Å²) in [5.41, 5.74) is 5.66. The highest BCUT2D eigenvalue weighted by molar-refractivity contribution is 6.03. The highest BCUT2D eigenvalue weighted by atomic mass is 16.2. The number of fused-ring (bicyclic) bond motifs is 2. The van der Waals surface area contributed by atoms with Crippen molar-refractivity contribution < 1.29 is 4.79 Å². The molecule has 1 N–H and O–H groups in total. The van der Waals surface area contributed by atoms with Gasteiger partial charge in [-0.05, 0) is 35.9 Å². The lowest BCUT2D eigenvalue weighted by atomic mass is 10.1. The lowest BCUT2D eigenvalue weighted by Gasteiger charge is -2.16. The minimum atomic E-state index is 0.0786. The van der Waals surface area contributed by atoms with E-state index in [-0.39, 0.29) is 5.91 Å². The zero-order chi connectivity index (χ0) is 20.3. The molecule has 1 aliphatic rings. The van der Waals surface area contributed by atoms with Crippen LogP contribution in [-0.2, 0) is 19.5 Å². The highest BCUT2D eigenvalue weighted by Gasteiger charge is 2.29. The number of amides is 1. The molecule has 5 nitrogen and oxygen atoms in total. The second-order valence-electron chi connectivity index (χ2n) is 7.49. The zero-order valence-electron chi connectivity index (χ0n) is 16.6. The van der Waals surface area contributed by atoms with Gasteiger partial charge in [-0.15, -0.1) is 0 Å². The van der Waals surface area contributed by atoms with Crippen molar-refractivity contribution in [3.63, 3.8) is 0 Å². The third kappa shape index (κ3) is 3.62. The molecular formula is C25H22N4O. The van der Waals surface area contributed by atoms with Crippen LogP contribution in [0.1, 0.15) is 27.3 Å². The Labute approximate surface area is 175 Å². The molecule has 0 saturated carbocycles. The van der Waals surface area contributed by atoms with E-state index in [2.05, 4.69) is 28.5 Å². The molecule has 0 atom stereocenters. The smallest absolute Gasteiger partial charge is 0.256 e. The Kier molecular flexibility index (Phi) is 4.85. The predicted molar refractivity (Wildman–Crippen MR) is 118 cm³/mol. The van der Waals surface area contributed by atoms with E-state index < -0.39 is 0 Å². The minimum absolute atomic E-state index is 0.0786. The Bertz CT molecular complexity index is 1210. The summed E-state index contributed by atoms with van der Waals surface area (Å²) in [6.07, 6.45) is 2.52. The Balaban J connectivity index is 1.28. The number of hydrogen-bond acceptors (Lipinski definition) is 4. The molecule has 0 unspecified atom stereocenters. The Morgan fingerprint density at radius 3 is 2.70 bits per heavy atom. The molecule has 0 bridgehead atoms. The van der Waals surface area contributed by atoms with Crippen molar-refractivity contribution in [3.8, 4) is 0 Å². The lowest BCUT2D eigenvalue weighted by Crippen LogP contribution is -2.26. The fourth-order valence-corrected chi connectivity index (χ4v) is 3.93. The molecule has 1 aliphatic heterocycles. The molecule has 5 heteroatoms. The fourth-order valence-electron chi connectivity index (χ4n) is 3.93. The van der Waals surface area contributed by atoms with E-state index in [0.29, 0.717) is 19.6 Å². The molecule has 0 fully saturated rings. The summed E-state index contributed by atoms with van der Waals surface area (Å²) in [5, 5.41) is 4.52. The summed E-state index contributed by atoms with van der Waals surface area (Å²) < 4.78 is 0. The number of anilines is 1. The third-order valence-corrected chi connectivity index (χ3v) is 5.49. The predicted octanol–water partition coefficient (Wildman–Crippen LogP) is 4.44. The SMILES string of the molecule is O=C1c2c(cccc2NCc2ccccn2)CN1CCc1ccc2ccccc2n1. The summed E-state index contributed by atoms with van der Waals surface area (Å²) in [6.45, 7) is 1.88. The topological polar surface area (TPSA) is 58.1 Å². The first-order valence-electron chi connectivity index (χ1n) is 10.2. The summed E-state index contributed by atoms with van der Waals surface area (Å²) in [5.74, 6) is 0.0786. The van der Waals surface area contributed by atoms with E-state index in [0.717, 1.165) is 45.5 Å². The van der Waals surface area contributed by atoms with Gasteiger partial charge in [0.1, 0.15) is 0 Å². The third-order valence-electron chi connectivity index (χ3n) is 5.49. The number of carbonyl (C=O) groups excluding carboxylic acids is 1. The van der Waals surface area contributed by atoms with Crippen LogP contribution >= 0.6 is 0 Å². The number of aromatic nitrogens is 2. The van der Waals surface area contributed by atoms with Crippen LogP contribution in [0.2, 0.25) is 0 Å². The average Bonchev–Trinajstić information content (AvgIpc) is 3.13. The van der Waals surface area contributed by atoms with Gasteiger partial charge in [-0.25, -0.2) is 0 Å². The number of benzene rings is 2. The van der Waals surface area contributed by atoms with Gasteiger partial charge in [-0.2, -0.15) is 0 Å². The van der Waals surface area contributed by atoms with Crippen LogP contribution in [0.5, 0.6) is 0 Å². The Morgan fingerprint density at radius 2 is 1.80 bits per heavy atom. The zero-order valence-corrected chi connectivity index (χ0v) is 16.6. The minimum Gasteiger partial charge on any atom is -0.379 e. The summed E-state index contributed by atoms with van der Waals surface area (Å²) in [7, 11) is 0. The van der Waals surface area contributed by atoms with Gasteiger partial charge in [0.25, 0.3) is 5.91 Å². The molecule has 30 heavy (non-hydrogen) atoms. The largest absolute Gasteiger partial charge is 0.379 e. The van der Waals surface area contributed by atoms with E-state index in [1.54, 1.807) is 6.20 Å². The van der Waals surface area contributed by atoms with Crippen LogP contribution < -0.4 is 5.32 Å². The van der Waals surface area contributed by atoms with Crippen molar-refractivity contribution in [2.24, 2.45) is 0 Å². The molecule has 5 rings (SSSR count). The monoisotopic (exact) mass is 394 g/mol. The molecule has 2 aromatic carbocycles. The highest BCUT2D eigenvalue weighted by Crippen LogP contribution is 2.29. The second-order valence-corrected chi connectivity index (χ2v) is 7.49. The van der Waals surface area contributed by atoms with Crippen molar-refractivity contribution >= 4 is 22.5 Å². The molecule has 0 radical (unpaired) electrons. The number of pyridine rings is 2. The maximum absolute atomic E-state index is 13.1. The Morgan fingerprint density at radius 1 is 0.900 bits per heavy atom. The molecule has 0 aliphatic carbocycles. The number of rotatable bonds is 6. The van der Waals surface area contributed by atoms with Crippen molar-refractivity contribution in [2.75, 3.05) is 11.9 Å². The fraction of sp³-hybridized carbons (Fsp3) is 0.160. The van der Waals surface area contributed by atoms with E-state index in [1.807, 2.05) is 59.5 Å². The normalized spacial score (nSPS) is 12.9. The standard InChI is InChI=1S/C25H22N4O/c30-25-24-19(7-5-10-23(24)27-16-21-8-3-4-14-26-21)17-29(25)15-13-20-12-11-18-6-1-2-9-22(18)28-20/h1-12,14,27H,13,15-17H2. The molecule has 2 aromatic heterocycles. The van der Waals surface area contributed by atoms with Gasteiger partial charge < -0.3 is 10.2 Å². The summed E-state index contributed by atoms with van der Waals surface area (Å²) in [6, 6.07) is 24.1. The number of nitrogens with one attached hydrogen (secondary N) is 1. The maximum Gasteiger partial charge on any atom is 0.256 e. The van der Waals surface area contributed by atoms with Gasteiger partial charge in [0, 0.05) is 42.5 Å². The van der Waals surface area contributed by atoms with Gasteiger partial charge >= 0.3 is 0 Å². The van der Waals surface area contributed by atoms with Crippen molar-refractivity contribution in [2.45, 2.75) is 19.5 Å². The van der Waals surface area contributed by atoms with Gasteiger partial charge in [-0.1, -0.05) is 42.5 Å². The lowest BCUT2D eigenvalue weighted by molar-refractivity contribution is 0.0780. The van der Waals surface area contributed by atoms with E-state index in [4.69, 9.17) is 4.98 Å². The van der Waals surface area contributed by atoms with Gasteiger partial charge in [0.15, 0.2) is 0 Å².